The summed E-state index contributed by atoms with van der Waals surface area (Å²) in [6, 6.07) is 6.31. The van der Waals surface area contributed by atoms with E-state index in [1.165, 1.54) is 17.5 Å². The Kier molecular flexibility index (Phi) is 2.98. The van der Waals surface area contributed by atoms with Gasteiger partial charge in [-0.05, 0) is 23.6 Å². The van der Waals surface area contributed by atoms with Gasteiger partial charge in [-0.25, -0.2) is 9.67 Å². The molecule has 0 bridgehead atoms. The van der Waals surface area contributed by atoms with Gasteiger partial charge in [0.2, 0.25) is 0 Å². The Labute approximate surface area is 105 Å². The number of aryl methyl sites for hydroxylation is 2. The highest BCUT2D eigenvalue weighted by Crippen LogP contribution is 2.26. The second-order valence-electron chi connectivity index (χ2n) is 4.35. The average molecular weight is 245 g/mol. The summed E-state index contributed by atoms with van der Waals surface area (Å²) in [6.07, 6.45) is 3.35. The highest BCUT2D eigenvalue weighted by molar-refractivity contribution is 5.39. The quantitative estimate of drug-likeness (QED) is 0.871. The normalized spacial score (nSPS) is 13.4. The van der Waals surface area contributed by atoms with Crippen molar-refractivity contribution in [3.05, 3.63) is 41.5 Å². The largest absolute Gasteiger partial charge is 0.493 e. The Balaban J connectivity index is 1.70. The zero-order valence-corrected chi connectivity index (χ0v) is 10.0. The van der Waals surface area contributed by atoms with Crippen molar-refractivity contribution in [1.82, 2.24) is 14.8 Å². The highest BCUT2D eigenvalue weighted by Gasteiger charge is 2.12. The van der Waals surface area contributed by atoms with Gasteiger partial charge in [-0.1, -0.05) is 12.1 Å². The van der Waals surface area contributed by atoms with Crippen molar-refractivity contribution < 1.29 is 9.84 Å². The standard InChI is InChI=1S/C13H15N3O2/c17-8-13-14-9-15-16(13)5-3-10-1-2-12-11(7-10)4-6-18-12/h1-2,7,9,17H,3-6,8H2. The summed E-state index contributed by atoms with van der Waals surface area (Å²) >= 11 is 0. The SMILES string of the molecule is OCc1ncnn1CCc1ccc2c(c1)CCO2. The molecule has 0 unspecified atom stereocenters. The first-order chi connectivity index (χ1) is 8.86. The molecule has 0 aliphatic carbocycles. The lowest BCUT2D eigenvalue weighted by Gasteiger charge is -2.06. The number of hydrogen-bond donors (Lipinski definition) is 1. The molecule has 2 aromatic rings. The highest BCUT2D eigenvalue weighted by atomic mass is 16.5. The van der Waals surface area contributed by atoms with Gasteiger partial charge in [0.25, 0.3) is 0 Å². The molecule has 0 spiro atoms. The number of hydrogen-bond acceptors (Lipinski definition) is 4. The first kappa shape index (κ1) is 11.2. The van der Waals surface area contributed by atoms with Crippen molar-refractivity contribution in [1.29, 1.82) is 0 Å². The van der Waals surface area contributed by atoms with Crippen LogP contribution in [0, 0.1) is 0 Å². The predicted octanol–water partition coefficient (Wildman–Crippen LogP) is 0.948. The van der Waals surface area contributed by atoms with E-state index < -0.39 is 0 Å². The number of aromatic nitrogens is 3. The molecule has 1 aromatic carbocycles. The molecular formula is C13H15N3O2. The lowest BCUT2D eigenvalue weighted by Crippen LogP contribution is -2.08. The molecule has 0 radical (unpaired) electrons. The fraction of sp³-hybridized carbons (Fsp3) is 0.385. The lowest BCUT2D eigenvalue weighted by atomic mass is 10.1. The predicted molar refractivity (Wildman–Crippen MR) is 65.3 cm³/mol. The Morgan fingerprint density at radius 1 is 1.39 bits per heavy atom. The van der Waals surface area contributed by atoms with Crippen molar-refractivity contribution in [3.63, 3.8) is 0 Å². The molecule has 1 aliphatic rings. The van der Waals surface area contributed by atoms with Gasteiger partial charge in [0, 0.05) is 13.0 Å². The minimum atomic E-state index is -0.0714. The topological polar surface area (TPSA) is 60.2 Å². The number of nitrogens with zero attached hydrogens (tertiary/aromatic N) is 3. The van der Waals surface area contributed by atoms with Crippen LogP contribution >= 0.6 is 0 Å². The number of benzene rings is 1. The minimum Gasteiger partial charge on any atom is -0.493 e. The molecule has 5 nitrogen and oxygen atoms in total. The van der Waals surface area contributed by atoms with Gasteiger partial charge in [-0.3, -0.25) is 0 Å². The number of aliphatic hydroxyl groups is 1. The van der Waals surface area contributed by atoms with Gasteiger partial charge in [-0.2, -0.15) is 5.10 Å². The van der Waals surface area contributed by atoms with Crippen molar-refractivity contribution in [2.45, 2.75) is 26.0 Å². The summed E-state index contributed by atoms with van der Waals surface area (Å²) in [5.74, 6) is 1.62. The van der Waals surface area contributed by atoms with E-state index >= 15 is 0 Å². The number of rotatable bonds is 4. The molecule has 0 fully saturated rings. The number of aliphatic hydroxyl groups excluding tert-OH is 1. The third-order valence-electron chi connectivity index (χ3n) is 3.20. The fourth-order valence-electron chi connectivity index (χ4n) is 2.23. The number of ether oxygens (including phenoxy) is 1. The van der Waals surface area contributed by atoms with Gasteiger partial charge in [0.05, 0.1) is 6.61 Å². The van der Waals surface area contributed by atoms with Crippen LogP contribution in [0.2, 0.25) is 0 Å². The zero-order valence-electron chi connectivity index (χ0n) is 10.0. The van der Waals surface area contributed by atoms with Crippen LogP contribution in [0.3, 0.4) is 0 Å². The maximum atomic E-state index is 9.09. The molecule has 1 aromatic heterocycles. The Morgan fingerprint density at radius 2 is 2.33 bits per heavy atom. The summed E-state index contributed by atoms with van der Waals surface area (Å²) in [4.78, 5) is 3.99. The smallest absolute Gasteiger partial charge is 0.152 e. The van der Waals surface area contributed by atoms with E-state index in [1.54, 1.807) is 4.68 Å². The van der Waals surface area contributed by atoms with Crippen LogP contribution in [0.1, 0.15) is 17.0 Å². The lowest BCUT2D eigenvalue weighted by molar-refractivity contribution is 0.262. The van der Waals surface area contributed by atoms with E-state index in [9.17, 15) is 0 Å². The second kappa shape index (κ2) is 4.78. The van der Waals surface area contributed by atoms with Crippen LogP contribution in [0.5, 0.6) is 5.75 Å². The van der Waals surface area contributed by atoms with Crippen LogP contribution in [0.25, 0.3) is 0 Å². The summed E-state index contributed by atoms with van der Waals surface area (Å²) in [6.45, 7) is 1.45. The summed E-state index contributed by atoms with van der Waals surface area (Å²) in [5.41, 5.74) is 2.55. The molecule has 0 atom stereocenters. The molecule has 18 heavy (non-hydrogen) atoms. The number of fused-ring (bicyclic) bond motifs is 1. The molecule has 5 heteroatoms. The Bertz CT molecular complexity index is 551. The van der Waals surface area contributed by atoms with E-state index in [-0.39, 0.29) is 6.61 Å². The van der Waals surface area contributed by atoms with Crippen LogP contribution in [-0.2, 0) is 26.0 Å². The van der Waals surface area contributed by atoms with Crippen LogP contribution in [-0.4, -0.2) is 26.5 Å². The monoisotopic (exact) mass is 245 g/mol. The average Bonchev–Trinajstić information content (AvgIpc) is 3.04. The molecule has 3 rings (SSSR count). The molecule has 0 saturated heterocycles. The fourth-order valence-corrected chi connectivity index (χ4v) is 2.23. The van der Waals surface area contributed by atoms with Crippen molar-refractivity contribution in [2.75, 3.05) is 6.61 Å². The van der Waals surface area contributed by atoms with Gasteiger partial charge in [0.15, 0.2) is 5.82 Å². The van der Waals surface area contributed by atoms with Crippen molar-refractivity contribution in [2.24, 2.45) is 0 Å². The second-order valence-corrected chi connectivity index (χ2v) is 4.35. The molecule has 0 saturated carbocycles. The Hall–Kier alpha value is -1.88. The summed E-state index contributed by atoms with van der Waals surface area (Å²) < 4.78 is 7.22. The maximum absolute atomic E-state index is 9.09. The van der Waals surface area contributed by atoms with E-state index in [2.05, 4.69) is 22.2 Å². The minimum absolute atomic E-state index is 0.0714. The van der Waals surface area contributed by atoms with Gasteiger partial charge >= 0.3 is 0 Å². The van der Waals surface area contributed by atoms with E-state index in [1.807, 2.05) is 6.07 Å². The van der Waals surface area contributed by atoms with E-state index in [0.29, 0.717) is 5.82 Å². The van der Waals surface area contributed by atoms with Crippen molar-refractivity contribution >= 4 is 0 Å². The van der Waals surface area contributed by atoms with Crippen LogP contribution in [0.4, 0.5) is 0 Å². The molecule has 1 aliphatic heterocycles. The first-order valence-electron chi connectivity index (χ1n) is 6.09. The molecule has 1 N–H and O–H groups in total. The summed E-state index contributed by atoms with van der Waals surface area (Å²) in [5, 5.41) is 13.2. The third kappa shape index (κ3) is 2.09. The van der Waals surface area contributed by atoms with Crippen LogP contribution in [0.15, 0.2) is 24.5 Å². The first-order valence-corrected chi connectivity index (χ1v) is 6.09. The molecule has 0 amide bonds. The third-order valence-corrected chi connectivity index (χ3v) is 3.20. The van der Waals surface area contributed by atoms with Gasteiger partial charge in [-0.15, -0.1) is 0 Å². The van der Waals surface area contributed by atoms with Crippen LogP contribution < -0.4 is 4.74 Å². The maximum Gasteiger partial charge on any atom is 0.152 e. The zero-order chi connectivity index (χ0) is 12.4. The van der Waals surface area contributed by atoms with E-state index in [4.69, 9.17) is 9.84 Å². The van der Waals surface area contributed by atoms with Gasteiger partial charge < -0.3 is 9.84 Å². The summed E-state index contributed by atoms with van der Waals surface area (Å²) in [7, 11) is 0. The van der Waals surface area contributed by atoms with Crippen molar-refractivity contribution in [3.8, 4) is 5.75 Å². The molecule has 2 heterocycles. The van der Waals surface area contributed by atoms with Gasteiger partial charge in [0.1, 0.15) is 18.7 Å². The Morgan fingerprint density at radius 3 is 3.22 bits per heavy atom. The molecular weight excluding hydrogens is 230 g/mol. The van der Waals surface area contributed by atoms with E-state index in [0.717, 1.165) is 31.7 Å². The molecule has 94 valence electrons.